The molecule has 1 unspecified atom stereocenters. The maximum atomic E-state index is 12.4. The van der Waals surface area contributed by atoms with Crippen LogP contribution < -0.4 is 20.1 Å². The lowest BCUT2D eigenvalue weighted by molar-refractivity contribution is -0.116. The van der Waals surface area contributed by atoms with E-state index in [0.717, 1.165) is 0 Å². The average Bonchev–Trinajstić information content (AvgIpc) is 2.59. The van der Waals surface area contributed by atoms with Crippen molar-refractivity contribution in [1.82, 2.24) is 0 Å². The molecule has 5 nitrogen and oxygen atoms in total. The van der Waals surface area contributed by atoms with Gasteiger partial charge in [-0.1, -0.05) is 34.8 Å². The van der Waals surface area contributed by atoms with Crippen LogP contribution in [0.25, 0.3) is 0 Å². The first-order valence-corrected chi connectivity index (χ1v) is 8.43. The van der Waals surface area contributed by atoms with E-state index in [-0.39, 0.29) is 5.91 Å². The molecule has 0 aliphatic rings. The molecule has 8 heteroatoms. The predicted octanol–water partition coefficient (Wildman–Crippen LogP) is 5.10. The second kappa shape index (κ2) is 8.52. The number of carbonyl (C=O) groups excluding carboxylic acids is 1. The molecule has 2 N–H and O–H groups in total. The van der Waals surface area contributed by atoms with Crippen molar-refractivity contribution in [3.05, 3.63) is 45.4 Å². The van der Waals surface area contributed by atoms with Crippen molar-refractivity contribution in [3.63, 3.8) is 0 Å². The van der Waals surface area contributed by atoms with Gasteiger partial charge in [-0.05, 0) is 31.2 Å². The third-order valence-electron chi connectivity index (χ3n) is 3.43. The number of hydrogen-bond acceptors (Lipinski definition) is 4. The molecule has 2 rings (SSSR count). The number of benzene rings is 2. The first-order chi connectivity index (χ1) is 11.8. The summed E-state index contributed by atoms with van der Waals surface area (Å²) in [5.41, 5.74) is 1.10. The lowest BCUT2D eigenvalue weighted by Crippen LogP contribution is -2.32. The van der Waals surface area contributed by atoms with Crippen molar-refractivity contribution >= 4 is 52.1 Å². The van der Waals surface area contributed by atoms with Crippen molar-refractivity contribution in [2.45, 2.75) is 13.0 Å². The minimum absolute atomic E-state index is 0.282. The molecule has 0 saturated heterocycles. The second-order valence-electron chi connectivity index (χ2n) is 5.17. The number of ether oxygens (including phenoxy) is 2. The summed E-state index contributed by atoms with van der Waals surface area (Å²) in [7, 11) is 3.10. The quantitative estimate of drug-likeness (QED) is 0.659. The number of rotatable bonds is 6. The fraction of sp³-hybridized carbons (Fsp3) is 0.235. The highest BCUT2D eigenvalue weighted by Gasteiger charge is 2.16. The van der Waals surface area contributed by atoms with E-state index in [2.05, 4.69) is 10.6 Å². The lowest BCUT2D eigenvalue weighted by Gasteiger charge is -2.17. The normalized spacial score (nSPS) is 11.6. The molecule has 0 fully saturated rings. The van der Waals surface area contributed by atoms with E-state index < -0.39 is 6.04 Å². The van der Waals surface area contributed by atoms with Gasteiger partial charge in [0.25, 0.3) is 0 Å². The van der Waals surface area contributed by atoms with Crippen LogP contribution in [0.5, 0.6) is 11.5 Å². The van der Waals surface area contributed by atoms with Gasteiger partial charge in [0.2, 0.25) is 5.91 Å². The van der Waals surface area contributed by atoms with E-state index in [9.17, 15) is 4.79 Å². The Bertz CT molecular complexity index is 784. The summed E-state index contributed by atoms with van der Waals surface area (Å²) in [5, 5.41) is 6.74. The molecule has 0 spiro atoms. The maximum Gasteiger partial charge on any atom is 0.246 e. The molecule has 0 heterocycles. The number of carbonyl (C=O) groups is 1. The largest absolute Gasteiger partial charge is 0.493 e. The van der Waals surface area contributed by atoms with Gasteiger partial charge in [-0.15, -0.1) is 0 Å². The molecule has 0 aliphatic carbocycles. The van der Waals surface area contributed by atoms with Gasteiger partial charge in [-0.3, -0.25) is 4.79 Å². The molecule has 2 aromatic rings. The van der Waals surface area contributed by atoms with Gasteiger partial charge in [-0.2, -0.15) is 0 Å². The van der Waals surface area contributed by atoms with Gasteiger partial charge in [0, 0.05) is 11.8 Å². The van der Waals surface area contributed by atoms with Gasteiger partial charge < -0.3 is 20.1 Å². The van der Waals surface area contributed by atoms with Crippen LogP contribution in [0.4, 0.5) is 11.4 Å². The molecule has 0 radical (unpaired) electrons. The zero-order valence-electron chi connectivity index (χ0n) is 13.8. The van der Waals surface area contributed by atoms with Crippen LogP contribution in [0.1, 0.15) is 6.92 Å². The minimum atomic E-state index is -0.538. The van der Waals surface area contributed by atoms with E-state index in [4.69, 9.17) is 44.3 Å². The van der Waals surface area contributed by atoms with Gasteiger partial charge in [0.15, 0.2) is 11.5 Å². The van der Waals surface area contributed by atoms with E-state index in [1.165, 1.54) is 12.1 Å². The van der Waals surface area contributed by atoms with Crippen LogP contribution in [-0.2, 0) is 4.79 Å². The zero-order chi connectivity index (χ0) is 18.6. The summed E-state index contributed by atoms with van der Waals surface area (Å²) in [4.78, 5) is 12.4. The van der Waals surface area contributed by atoms with Crippen molar-refractivity contribution in [1.29, 1.82) is 0 Å². The summed E-state index contributed by atoms with van der Waals surface area (Å²) >= 11 is 17.9. The highest BCUT2D eigenvalue weighted by molar-refractivity contribution is 6.44. The van der Waals surface area contributed by atoms with E-state index in [1.807, 2.05) is 0 Å². The first-order valence-electron chi connectivity index (χ1n) is 7.29. The maximum absolute atomic E-state index is 12.4. The molecular weight excluding hydrogens is 387 g/mol. The van der Waals surface area contributed by atoms with E-state index in [0.29, 0.717) is 37.9 Å². The number of nitrogens with one attached hydrogen (secondary N) is 2. The van der Waals surface area contributed by atoms with Crippen LogP contribution in [0.2, 0.25) is 15.1 Å². The fourth-order valence-electron chi connectivity index (χ4n) is 2.10. The Balaban J connectivity index is 2.09. The van der Waals surface area contributed by atoms with Crippen LogP contribution in [-0.4, -0.2) is 26.2 Å². The Labute approximate surface area is 161 Å². The van der Waals surface area contributed by atoms with Gasteiger partial charge in [0.05, 0.1) is 35.0 Å². The molecule has 0 bridgehead atoms. The molecule has 1 amide bonds. The molecule has 0 saturated carbocycles. The summed E-state index contributed by atoms with van der Waals surface area (Å²) in [6.45, 7) is 1.72. The fourth-order valence-corrected chi connectivity index (χ4v) is 2.69. The predicted molar refractivity (Wildman–Crippen MR) is 103 cm³/mol. The smallest absolute Gasteiger partial charge is 0.246 e. The van der Waals surface area contributed by atoms with E-state index in [1.54, 1.807) is 39.3 Å². The van der Waals surface area contributed by atoms with Gasteiger partial charge in [0.1, 0.15) is 6.04 Å². The van der Waals surface area contributed by atoms with Crippen LogP contribution in [0, 0.1) is 0 Å². The topological polar surface area (TPSA) is 59.6 Å². The lowest BCUT2D eigenvalue weighted by atomic mass is 10.2. The van der Waals surface area contributed by atoms with Gasteiger partial charge in [-0.25, -0.2) is 0 Å². The number of hydrogen-bond donors (Lipinski definition) is 2. The molecule has 2 aromatic carbocycles. The highest BCUT2D eigenvalue weighted by atomic mass is 35.5. The monoisotopic (exact) mass is 402 g/mol. The van der Waals surface area contributed by atoms with Crippen molar-refractivity contribution in [3.8, 4) is 11.5 Å². The Morgan fingerprint density at radius 2 is 1.60 bits per heavy atom. The summed E-state index contributed by atoms with van der Waals surface area (Å²) in [6.07, 6.45) is 0. The zero-order valence-corrected chi connectivity index (χ0v) is 16.1. The number of halogens is 3. The highest BCUT2D eigenvalue weighted by Crippen LogP contribution is 2.33. The summed E-state index contributed by atoms with van der Waals surface area (Å²) in [6, 6.07) is 7.73. The van der Waals surface area contributed by atoms with Crippen LogP contribution in [0.15, 0.2) is 30.3 Å². The molecule has 0 aromatic heterocycles. The standard InChI is InChI=1S/C17H17Cl3N2O3/c1-9(21-10-4-5-15(24-2)16(6-10)25-3)17(23)22-14-8-12(19)11(18)7-13(14)20/h4-9,21H,1-3H3,(H,22,23). The molecule has 25 heavy (non-hydrogen) atoms. The number of methoxy groups -OCH3 is 2. The number of anilines is 2. The third-order valence-corrected chi connectivity index (χ3v) is 4.46. The summed E-state index contributed by atoms with van der Waals surface area (Å²) < 4.78 is 10.4. The molecule has 1 atom stereocenters. The Morgan fingerprint density at radius 3 is 2.24 bits per heavy atom. The van der Waals surface area contributed by atoms with Crippen molar-refractivity contribution in [2.75, 3.05) is 24.9 Å². The Hall–Kier alpha value is -1.82. The first kappa shape index (κ1) is 19.5. The Kier molecular flexibility index (Phi) is 6.64. The van der Waals surface area contributed by atoms with Crippen molar-refractivity contribution < 1.29 is 14.3 Å². The van der Waals surface area contributed by atoms with E-state index >= 15 is 0 Å². The number of amides is 1. The van der Waals surface area contributed by atoms with Crippen LogP contribution >= 0.6 is 34.8 Å². The second-order valence-corrected chi connectivity index (χ2v) is 6.39. The van der Waals surface area contributed by atoms with Gasteiger partial charge >= 0.3 is 0 Å². The molecule has 0 aliphatic heterocycles. The summed E-state index contributed by atoms with van der Waals surface area (Å²) in [5.74, 6) is 0.885. The SMILES string of the molecule is COc1ccc(NC(C)C(=O)Nc2cc(Cl)c(Cl)cc2Cl)cc1OC. The molecule has 134 valence electrons. The minimum Gasteiger partial charge on any atom is -0.493 e. The molecular formula is C17H17Cl3N2O3. The Morgan fingerprint density at radius 1 is 0.960 bits per heavy atom. The average molecular weight is 404 g/mol. The van der Waals surface area contributed by atoms with Crippen molar-refractivity contribution in [2.24, 2.45) is 0 Å². The third kappa shape index (κ3) is 4.84. The van der Waals surface area contributed by atoms with Crippen LogP contribution in [0.3, 0.4) is 0 Å².